The van der Waals surface area contributed by atoms with E-state index in [1.165, 1.54) is 75.8 Å². The van der Waals surface area contributed by atoms with Gasteiger partial charge in [0, 0.05) is 5.25 Å². The van der Waals surface area contributed by atoms with E-state index in [0.717, 1.165) is 25.0 Å². The van der Waals surface area contributed by atoms with Crippen molar-refractivity contribution in [2.24, 2.45) is 0 Å². The van der Waals surface area contributed by atoms with Gasteiger partial charge in [0.05, 0.1) is 16.7 Å². The summed E-state index contributed by atoms with van der Waals surface area (Å²) in [4.78, 5) is 0. The van der Waals surface area contributed by atoms with Crippen molar-refractivity contribution in [2.75, 3.05) is 6.61 Å². The van der Waals surface area contributed by atoms with Crippen LogP contribution in [0.25, 0.3) is 0 Å². The monoisotopic (exact) mass is 448 g/mol. The molecule has 6 heteroatoms. The Balaban J connectivity index is 0.00000841. The second-order valence-corrected chi connectivity index (χ2v) is 10.0. The van der Waals surface area contributed by atoms with Crippen LogP contribution >= 0.6 is 0 Å². The maximum atomic E-state index is 11.1. The summed E-state index contributed by atoms with van der Waals surface area (Å²) in [6.45, 7) is 6.15. The average molecular weight is 449 g/mol. The second kappa shape index (κ2) is 17.5. The first-order valence-corrected chi connectivity index (χ1v) is 13.0. The SMILES string of the molecule is CCCCCCCc1ccc(CCCCCCC)c(OCCC(C)S(=O)(=O)[O-])c1.[Na+]. The Kier molecular flexibility index (Phi) is 17.4. The number of benzene rings is 1. The normalized spacial score (nSPS) is 12.4. The summed E-state index contributed by atoms with van der Waals surface area (Å²) in [5.74, 6) is 0.863. The minimum atomic E-state index is -4.25. The molecular weight excluding hydrogens is 407 g/mol. The third-order valence-corrected chi connectivity index (χ3v) is 6.75. The van der Waals surface area contributed by atoms with Crippen molar-refractivity contribution in [3.05, 3.63) is 29.3 Å². The Morgan fingerprint density at radius 2 is 1.47 bits per heavy atom. The van der Waals surface area contributed by atoms with E-state index in [1.807, 2.05) is 0 Å². The number of ether oxygens (including phenoxy) is 1. The quantitative estimate of drug-likeness (QED) is 0.208. The average Bonchev–Trinajstić information content (AvgIpc) is 2.68. The zero-order chi connectivity index (χ0) is 21.5. The molecule has 1 aromatic rings. The van der Waals surface area contributed by atoms with Gasteiger partial charge in [-0.2, -0.15) is 0 Å². The van der Waals surface area contributed by atoms with E-state index >= 15 is 0 Å². The molecule has 0 aromatic heterocycles. The molecule has 0 aliphatic rings. The van der Waals surface area contributed by atoms with E-state index in [9.17, 15) is 13.0 Å². The van der Waals surface area contributed by atoms with Crippen LogP contribution in [0.3, 0.4) is 0 Å². The fourth-order valence-electron chi connectivity index (χ4n) is 3.43. The van der Waals surface area contributed by atoms with E-state index < -0.39 is 15.4 Å². The van der Waals surface area contributed by atoms with E-state index in [-0.39, 0.29) is 42.6 Å². The van der Waals surface area contributed by atoms with Crippen LogP contribution in [0.15, 0.2) is 18.2 Å². The van der Waals surface area contributed by atoms with Gasteiger partial charge in [0.2, 0.25) is 0 Å². The number of rotatable bonds is 17. The van der Waals surface area contributed by atoms with Crippen LogP contribution in [0.4, 0.5) is 0 Å². The van der Waals surface area contributed by atoms with E-state index in [0.29, 0.717) is 0 Å². The molecular formula is C24H41NaO4S. The first-order valence-electron chi connectivity index (χ1n) is 11.6. The van der Waals surface area contributed by atoms with E-state index in [1.54, 1.807) is 0 Å². The van der Waals surface area contributed by atoms with Gasteiger partial charge in [-0.3, -0.25) is 0 Å². The molecule has 0 heterocycles. The summed E-state index contributed by atoms with van der Waals surface area (Å²) in [5, 5.41) is -0.915. The Labute approximate surface area is 207 Å². The minimum absolute atomic E-state index is 0. The molecule has 0 saturated carbocycles. The van der Waals surface area contributed by atoms with Crippen molar-refractivity contribution in [2.45, 2.75) is 109 Å². The molecule has 1 atom stereocenters. The van der Waals surface area contributed by atoms with E-state index in [2.05, 4.69) is 32.0 Å². The topological polar surface area (TPSA) is 66.4 Å². The Morgan fingerprint density at radius 3 is 2.03 bits per heavy atom. The van der Waals surface area contributed by atoms with Gasteiger partial charge in [0.25, 0.3) is 0 Å². The maximum absolute atomic E-state index is 11.1. The summed E-state index contributed by atoms with van der Waals surface area (Å²) in [6, 6.07) is 6.50. The molecule has 1 aromatic carbocycles. The van der Waals surface area contributed by atoms with Gasteiger partial charge in [-0.25, -0.2) is 8.42 Å². The molecule has 0 spiro atoms. The minimum Gasteiger partial charge on any atom is -0.748 e. The van der Waals surface area contributed by atoms with Crippen molar-refractivity contribution in [3.63, 3.8) is 0 Å². The van der Waals surface area contributed by atoms with E-state index in [4.69, 9.17) is 4.74 Å². The zero-order valence-electron chi connectivity index (χ0n) is 19.8. The van der Waals surface area contributed by atoms with Crippen molar-refractivity contribution in [1.82, 2.24) is 0 Å². The molecule has 168 valence electrons. The van der Waals surface area contributed by atoms with Crippen LogP contribution in [0.1, 0.15) is 103 Å². The van der Waals surface area contributed by atoms with Crippen LogP contribution in [-0.2, 0) is 23.0 Å². The van der Waals surface area contributed by atoms with Crippen molar-refractivity contribution >= 4 is 10.1 Å². The van der Waals surface area contributed by atoms with Crippen molar-refractivity contribution in [1.29, 1.82) is 0 Å². The van der Waals surface area contributed by atoms with Crippen molar-refractivity contribution in [3.8, 4) is 5.75 Å². The predicted molar refractivity (Wildman–Crippen MR) is 121 cm³/mol. The Morgan fingerprint density at radius 1 is 0.900 bits per heavy atom. The molecule has 0 fully saturated rings. The standard InChI is InChI=1S/C24H42O4S.Na/c1-4-6-8-10-12-14-22-16-17-23(15-13-11-9-7-5-2)24(20-22)28-19-18-21(3)29(25,26)27;/h16-17,20-21H,4-15,18-19H2,1-3H3,(H,25,26,27);/q;+1/p-1. The number of aryl methyl sites for hydroxylation is 2. The molecule has 4 nitrogen and oxygen atoms in total. The van der Waals surface area contributed by atoms with Crippen LogP contribution in [0, 0.1) is 0 Å². The smallest absolute Gasteiger partial charge is 0.748 e. The molecule has 0 amide bonds. The van der Waals surface area contributed by atoms with Crippen molar-refractivity contribution < 1.29 is 47.3 Å². The number of hydrogen-bond donors (Lipinski definition) is 0. The molecule has 30 heavy (non-hydrogen) atoms. The third kappa shape index (κ3) is 13.4. The Hall–Kier alpha value is -0.0700. The fourth-order valence-corrected chi connectivity index (χ4v) is 3.81. The van der Waals surface area contributed by atoms with Gasteiger partial charge in [-0.05, 0) is 56.2 Å². The van der Waals surface area contributed by atoms with Crippen LogP contribution in [0.2, 0.25) is 0 Å². The third-order valence-electron chi connectivity index (χ3n) is 5.52. The second-order valence-electron chi connectivity index (χ2n) is 8.21. The fraction of sp³-hybridized carbons (Fsp3) is 0.750. The molecule has 0 bridgehead atoms. The summed E-state index contributed by atoms with van der Waals surface area (Å²) < 4.78 is 39.3. The first kappa shape index (κ1) is 29.9. The van der Waals surface area contributed by atoms with Gasteiger partial charge < -0.3 is 9.29 Å². The summed E-state index contributed by atoms with van der Waals surface area (Å²) in [7, 11) is -4.25. The summed E-state index contributed by atoms with van der Waals surface area (Å²) in [5.41, 5.74) is 2.46. The molecule has 1 unspecified atom stereocenters. The summed E-state index contributed by atoms with van der Waals surface area (Å²) >= 11 is 0. The molecule has 0 saturated heterocycles. The first-order chi connectivity index (χ1) is 13.9. The van der Waals surface area contributed by atoms with Crippen LogP contribution in [-0.4, -0.2) is 24.8 Å². The maximum Gasteiger partial charge on any atom is 1.00 e. The van der Waals surface area contributed by atoms with Gasteiger partial charge in [-0.1, -0.05) is 77.3 Å². The van der Waals surface area contributed by atoms with Crippen LogP contribution in [0.5, 0.6) is 5.75 Å². The largest absolute Gasteiger partial charge is 1.00 e. The van der Waals surface area contributed by atoms with Gasteiger partial charge in [-0.15, -0.1) is 0 Å². The molecule has 0 N–H and O–H groups in total. The summed E-state index contributed by atoms with van der Waals surface area (Å²) in [6.07, 6.45) is 14.7. The van der Waals surface area contributed by atoms with Gasteiger partial charge in [0.15, 0.2) is 0 Å². The van der Waals surface area contributed by atoms with Gasteiger partial charge >= 0.3 is 29.6 Å². The Bertz CT molecular complexity index is 661. The molecule has 1 rings (SSSR count). The molecule has 0 radical (unpaired) electrons. The molecule has 0 aliphatic carbocycles. The number of hydrogen-bond acceptors (Lipinski definition) is 4. The zero-order valence-corrected chi connectivity index (χ0v) is 22.6. The number of unbranched alkanes of at least 4 members (excludes halogenated alkanes) is 8. The molecule has 0 aliphatic heterocycles. The predicted octanol–water partition coefficient (Wildman–Crippen LogP) is 3.42. The van der Waals surface area contributed by atoms with Crippen LogP contribution < -0.4 is 34.3 Å². The van der Waals surface area contributed by atoms with Gasteiger partial charge in [0.1, 0.15) is 5.75 Å².